The summed E-state index contributed by atoms with van der Waals surface area (Å²) in [7, 11) is 0. The molecule has 29 heavy (non-hydrogen) atoms. The molecular weight excluding hydrogens is 364 g/mol. The van der Waals surface area contributed by atoms with E-state index in [1.54, 1.807) is 36.7 Å². The molecule has 0 aliphatic heterocycles. The first-order chi connectivity index (χ1) is 14.2. The third-order valence-corrected chi connectivity index (χ3v) is 4.49. The van der Waals surface area contributed by atoms with Gasteiger partial charge in [-0.05, 0) is 49.2 Å². The van der Waals surface area contributed by atoms with Gasteiger partial charge in [0, 0.05) is 36.7 Å². The second-order valence-electron chi connectivity index (χ2n) is 6.71. The Morgan fingerprint density at radius 2 is 1.83 bits per heavy atom. The highest BCUT2D eigenvalue weighted by molar-refractivity contribution is 5.94. The highest BCUT2D eigenvalue weighted by Gasteiger charge is 2.07. The third-order valence-electron chi connectivity index (χ3n) is 4.49. The molecule has 1 heterocycles. The fourth-order valence-corrected chi connectivity index (χ4v) is 2.81. The molecule has 0 bridgehead atoms. The number of benzene rings is 2. The van der Waals surface area contributed by atoms with E-state index in [1.165, 1.54) is 0 Å². The lowest BCUT2D eigenvalue weighted by Crippen LogP contribution is -2.25. The summed E-state index contributed by atoms with van der Waals surface area (Å²) < 4.78 is 11.5. The van der Waals surface area contributed by atoms with E-state index in [-0.39, 0.29) is 12.0 Å². The molecule has 150 valence electrons. The first-order valence-corrected chi connectivity index (χ1v) is 9.79. The first kappa shape index (κ1) is 20.6. The number of amides is 1. The molecule has 2 aromatic carbocycles. The van der Waals surface area contributed by atoms with Crippen molar-refractivity contribution in [1.29, 1.82) is 0 Å². The van der Waals surface area contributed by atoms with Gasteiger partial charge in [-0.15, -0.1) is 0 Å². The molecule has 0 fully saturated rings. The molecule has 5 nitrogen and oxygen atoms in total. The Balaban J connectivity index is 1.35. The molecule has 0 saturated heterocycles. The van der Waals surface area contributed by atoms with Gasteiger partial charge in [-0.2, -0.15) is 0 Å². The zero-order valence-electron chi connectivity index (χ0n) is 16.6. The maximum absolute atomic E-state index is 12.3. The molecule has 0 saturated carbocycles. The van der Waals surface area contributed by atoms with E-state index in [2.05, 4.69) is 22.4 Å². The SMILES string of the molecule is CC(OCCCNC(=O)c1ccc(OCc2cccnc2)cc1)c1ccccc1. The molecule has 0 aliphatic carbocycles. The highest BCUT2D eigenvalue weighted by atomic mass is 16.5. The molecule has 1 amide bonds. The van der Waals surface area contributed by atoms with Crippen molar-refractivity contribution in [2.24, 2.45) is 0 Å². The topological polar surface area (TPSA) is 60.5 Å². The van der Waals surface area contributed by atoms with Crippen molar-refractivity contribution < 1.29 is 14.3 Å². The monoisotopic (exact) mass is 390 g/mol. The van der Waals surface area contributed by atoms with E-state index in [1.807, 2.05) is 37.3 Å². The molecule has 1 unspecified atom stereocenters. The number of rotatable bonds is 10. The molecule has 1 N–H and O–H groups in total. The van der Waals surface area contributed by atoms with E-state index in [9.17, 15) is 4.79 Å². The summed E-state index contributed by atoms with van der Waals surface area (Å²) >= 11 is 0. The maximum Gasteiger partial charge on any atom is 0.251 e. The fourth-order valence-electron chi connectivity index (χ4n) is 2.81. The largest absolute Gasteiger partial charge is 0.489 e. The van der Waals surface area contributed by atoms with Crippen LogP contribution in [-0.2, 0) is 11.3 Å². The van der Waals surface area contributed by atoms with E-state index >= 15 is 0 Å². The van der Waals surface area contributed by atoms with Crippen molar-refractivity contribution in [3.8, 4) is 5.75 Å². The first-order valence-electron chi connectivity index (χ1n) is 9.79. The summed E-state index contributed by atoms with van der Waals surface area (Å²) in [6, 6.07) is 21.1. The fraction of sp³-hybridized carbons (Fsp3) is 0.250. The van der Waals surface area contributed by atoms with E-state index in [0.717, 1.165) is 17.5 Å². The van der Waals surface area contributed by atoms with Gasteiger partial charge in [-0.3, -0.25) is 9.78 Å². The van der Waals surface area contributed by atoms with Gasteiger partial charge < -0.3 is 14.8 Å². The molecule has 3 rings (SSSR count). The van der Waals surface area contributed by atoms with E-state index in [4.69, 9.17) is 9.47 Å². The lowest BCUT2D eigenvalue weighted by Gasteiger charge is -2.13. The second-order valence-corrected chi connectivity index (χ2v) is 6.71. The van der Waals surface area contributed by atoms with Crippen molar-refractivity contribution in [2.75, 3.05) is 13.2 Å². The lowest BCUT2D eigenvalue weighted by molar-refractivity contribution is 0.0635. The predicted octanol–water partition coefficient (Wildman–Crippen LogP) is 4.56. The maximum atomic E-state index is 12.3. The van der Waals surface area contributed by atoms with Crippen molar-refractivity contribution in [1.82, 2.24) is 10.3 Å². The summed E-state index contributed by atoms with van der Waals surface area (Å²) in [5, 5.41) is 2.92. The third kappa shape index (κ3) is 6.73. The minimum Gasteiger partial charge on any atom is -0.489 e. The van der Waals surface area contributed by atoms with Crippen LogP contribution in [0, 0.1) is 0 Å². The summed E-state index contributed by atoms with van der Waals surface area (Å²) in [4.78, 5) is 16.3. The molecular formula is C24H26N2O3. The van der Waals surface area contributed by atoms with E-state index < -0.39 is 0 Å². The Morgan fingerprint density at radius 3 is 2.55 bits per heavy atom. The normalized spacial score (nSPS) is 11.6. The predicted molar refractivity (Wildman–Crippen MR) is 113 cm³/mol. The number of aromatic nitrogens is 1. The van der Waals surface area contributed by atoms with Crippen LogP contribution in [0.1, 0.15) is 40.9 Å². The van der Waals surface area contributed by atoms with Gasteiger partial charge in [0.05, 0.1) is 6.10 Å². The smallest absolute Gasteiger partial charge is 0.251 e. The van der Waals surface area contributed by atoms with Crippen LogP contribution < -0.4 is 10.1 Å². The lowest BCUT2D eigenvalue weighted by atomic mass is 10.1. The van der Waals surface area contributed by atoms with Crippen LogP contribution in [0.4, 0.5) is 0 Å². The minimum absolute atomic E-state index is 0.0473. The average molecular weight is 390 g/mol. The van der Waals surface area contributed by atoms with Crippen LogP contribution in [0.3, 0.4) is 0 Å². The number of carbonyl (C=O) groups excluding carboxylic acids is 1. The van der Waals surface area contributed by atoms with Gasteiger partial charge in [-0.1, -0.05) is 36.4 Å². The van der Waals surface area contributed by atoms with Crippen molar-refractivity contribution in [3.63, 3.8) is 0 Å². The summed E-state index contributed by atoms with van der Waals surface area (Å²) in [6.45, 7) is 3.64. The van der Waals surface area contributed by atoms with Crippen LogP contribution in [0.5, 0.6) is 5.75 Å². The van der Waals surface area contributed by atoms with E-state index in [0.29, 0.717) is 31.1 Å². The molecule has 0 radical (unpaired) electrons. The molecule has 0 aliphatic rings. The summed E-state index contributed by atoms with van der Waals surface area (Å²) in [6.07, 6.45) is 4.31. The zero-order chi connectivity index (χ0) is 20.3. The summed E-state index contributed by atoms with van der Waals surface area (Å²) in [5.74, 6) is 0.619. The van der Waals surface area contributed by atoms with Gasteiger partial charge in [0.25, 0.3) is 5.91 Å². The number of carbonyl (C=O) groups is 1. The molecule has 0 spiro atoms. The molecule has 3 aromatic rings. The Kier molecular flexibility index (Phi) is 7.78. The van der Waals surface area contributed by atoms with Crippen molar-refractivity contribution >= 4 is 5.91 Å². The van der Waals surface area contributed by atoms with Crippen LogP contribution in [0.15, 0.2) is 79.1 Å². The average Bonchev–Trinajstić information content (AvgIpc) is 2.79. The van der Waals surface area contributed by atoms with Crippen molar-refractivity contribution in [2.45, 2.75) is 26.1 Å². The number of pyridine rings is 1. The zero-order valence-corrected chi connectivity index (χ0v) is 16.6. The highest BCUT2D eigenvalue weighted by Crippen LogP contribution is 2.16. The van der Waals surface area contributed by atoms with Gasteiger partial charge in [0.2, 0.25) is 0 Å². The second kappa shape index (κ2) is 11.0. The van der Waals surface area contributed by atoms with Gasteiger partial charge in [0.1, 0.15) is 12.4 Å². The molecule has 1 aromatic heterocycles. The van der Waals surface area contributed by atoms with Gasteiger partial charge in [0.15, 0.2) is 0 Å². The van der Waals surface area contributed by atoms with Crippen molar-refractivity contribution in [3.05, 3.63) is 95.8 Å². The van der Waals surface area contributed by atoms with Crippen LogP contribution in [0.2, 0.25) is 0 Å². The number of nitrogens with zero attached hydrogens (tertiary/aromatic N) is 1. The number of ether oxygens (including phenoxy) is 2. The minimum atomic E-state index is -0.0973. The number of hydrogen-bond acceptors (Lipinski definition) is 4. The van der Waals surface area contributed by atoms with Gasteiger partial charge in [-0.25, -0.2) is 0 Å². The standard InChI is InChI=1S/C24H26N2O3/c1-19(21-8-3-2-4-9-21)28-16-6-15-26-24(27)22-10-12-23(13-11-22)29-18-20-7-5-14-25-17-20/h2-5,7-14,17,19H,6,15-16,18H2,1H3,(H,26,27). The van der Waals surface area contributed by atoms with Crippen LogP contribution in [-0.4, -0.2) is 24.0 Å². The van der Waals surface area contributed by atoms with Crippen LogP contribution >= 0.6 is 0 Å². The molecule has 5 heteroatoms. The Hall–Kier alpha value is -3.18. The number of nitrogens with one attached hydrogen (secondary N) is 1. The van der Waals surface area contributed by atoms with Gasteiger partial charge >= 0.3 is 0 Å². The molecule has 1 atom stereocenters. The Bertz CT molecular complexity index is 868. The Morgan fingerprint density at radius 1 is 1.03 bits per heavy atom. The van der Waals surface area contributed by atoms with Crippen LogP contribution in [0.25, 0.3) is 0 Å². The summed E-state index contributed by atoms with van der Waals surface area (Å²) in [5.41, 5.74) is 2.76. The Labute approximate surface area is 171 Å². The number of hydrogen-bond donors (Lipinski definition) is 1. The quantitative estimate of drug-likeness (QED) is 0.516.